The van der Waals surface area contributed by atoms with Gasteiger partial charge in [0.2, 0.25) is 5.91 Å². The lowest BCUT2D eigenvalue weighted by Crippen LogP contribution is -2.43. The van der Waals surface area contributed by atoms with Gasteiger partial charge >= 0.3 is 0 Å². The molecule has 0 bridgehead atoms. The molecule has 32 heavy (non-hydrogen) atoms. The first-order chi connectivity index (χ1) is 15.4. The Hall–Kier alpha value is -3.00. The Morgan fingerprint density at radius 1 is 1.31 bits per heavy atom. The fourth-order valence-corrected chi connectivity index (χ4v) is 4.28. The molecule has 3 heterocycles. The van der Waals surface area contributed by atoms with Crippen LogP contribution < -0.4 is 5.32 Å². The minimum absolute atomic E-state index is 0.0691. The fraction of sp³-hybridized carbons (Fsp3) is 0.458. The zero-order chi connectivity index (χ0) is 22.7. The molecule has 2 aromatic heterocycles. The van der Waals surface area contributed by atoms with E-state index in [2.05, 4.69) is 35.4 Å². The molecule has 7 nitrogen and oxygen atoms in total. The number of H-pyrrole nitrogens is 1. The van der Waals surface area contributed by atoms with E-state index in [-0.39, 0.29) is 30.2 Å². The number of likely N-dealkylation sites (N-methyl/N-ethyl adjacent to an activating group) is 1. The zero-order valence-corrected chi connectivity index (χ0v) is 18.9. The molecule has 3 aromatic rings. The monoisotopic (exact) mass is 438 g/mol. The van der Waals surface area contributed by atoms with Crippen molar-refractivity contribution in [2.24, 2.45) is 0 Å². The Labute approximate surface area is 188 Å². The highest BCUT2D eigenvalue weighted by Gasteiger charge is 2.26. The number of carbonyl (C=O) groups excluding carboxylic acids is 1. The van der Waals surface area contributed by atoms with Crippen LogP contribution in [0.1, 0.15) is 43.9 Å². The lowest BCUT2D eigenvalue weighted by Gasteiger charge is -2.33. The van der Waals surface area contributed by atoms with Crippen LogP contribution in [-0.2, 0) is 11.3 Å². The van der Waals surface area contributed by atoms with Crippen molar-refractivity contribution < 1.29 is 9.18 Å². The summed E-state index contributed by atoms with van der Waals surface area (Å²) in [6, 6.07) is 11.1. The number of aromatic amines is 1. The molecule has 0 unspecified atom stereocenters. The van der Waals surface area contributed by atoms with Gasteiger partial charge < -0.3 is 10.2 Å². The van der Waals surface area contributed by atoms with Crippen LogP contribution in [0.3, 0.4) is 0 Å². The second kappa shape index (κ2) is 9.65. The van der Waals surface area contributed by atoms with Crippen molar-refractivity contribution >= 4 is 22.8 Å². The summed E-state index contributed by atoms with van der Waals surface area (Å²) in [5, 5.41) is 11.7. The summed E-state index contributed by atoms with van der Waals surface area (Å²) in [4.78, 5) is 21.5. The number of fused-ring (bicyclic) bond motifs is 1. The molecule has 1 saturated heterocycles. The molecule has 0 aliphatic carbocycles. The van der Waals surface area contributed by atoms with Crippen LogP contribution in [0.4, 0.5) is 10.2 Å². The standard InChI is InChI=1S/C24H31FN6O/c1-16(2)26-23-19-10-11-21(27-24(19)29-28-23)18-8-6-12-31(14-18)22(32)15-30(3)13-17-7-4-5-9-20(17)25/h4-5,7,9-11,16,18H,6,8,12-15H2,1-3H3,(H2,26,27,28,29)/t18-/m1/s1. The van der Waals surface area contributed by atoms with Gasteiger partial charge in [-0.3, -0.25) is 14.8 Å². The fourth-order valence-electron chi connectivity index (χ4n) is 4.28. The Bertz CT molecular complexity index is 1080. The molecule has 2 N–H and O–H groups in total. The molecule has 1 aliphatic heterocycles. The first-order valence-corrected chi connectivity index (χ1v) is 11.2. The minimum Gasteiger partial charge on any atom is -0.366 e. The number of carbonyl (C=O) groups is 1. The molecule has 170 valence electrons. The quantitative estimate of drug-likeness (QED) is 0.587. The van der Waals surface area contributed by atoms with E-state index < -0.39 is 0 Å². The van der Waals surface area contributed by atoms with Crippen molar-refractivity contribution in [1.82, 2.24) is 25.0 Å². The van der Waals surface area contributed by atoms with E-state index in [0.717, 1.165) is 41.9 Å². The lowest BCUT2D eigenvalue weighted by atomic mass is 9.94. The number of pyridine rings is 1. The predicted octanol–water partition coefficient (Wildman–Crippen LogP) is 3.76. The number of anilines is 1. The van der Waals surface area contributed by atoms with Gasteiger partial charge in [0.1, 0.15) is 5.82 Å². The van der Waals surface area contributed by atoms with Gasteiger partial charge in [0.05, 0.1) is 11.9 Å². The second-order valence-electron chi connectivity index (χ2n) is 8.95. The summed E-state index contributed by atoms with van der Waals surface area (Å²) < 4.78 is 13.9. The van der Waals surface area contributed by atoms with E-state index in [1.807, 2.05) is 29.0 Å². The van der Waals surface area contributed by atoms with Crippen molar-refractivity contribution in [3.8, 4) is 0 Å². The van der Waals surface area contributed by atoms with E-state index in [9.17, 15) is 9.18 Å². The maximum Gasteiger partial charge on any atom is 0.236 e. The number of hydrogen-bond acceptors (Lipinski definition) is 5. The van der Waals surface area contributed by atoms with Gasteiger partial charge in [-0.15, -0.1) is 0 Å². The van der Waals surface area contributed by atoms with Crippen LogP contribution in [0.25, 0.3) is 11.0 Å². The molecule has 4 rings (SSSR count). The molecule has 1 atom stereocenters. The van der Waals surface area contributed by atoms with Gasteiger partial charge in [-0.05, 0) is 51.9 Å². The molecule has 1 aromatic carbocycles. The van der Waals surface area contributed by atoms with Gasteiger partial charge in [-0.2, -0.15) is 5.10 Å². The highest BCUT2D eigenvalue weighted by Crippen LogP contribution is 2.28. The number of hydrogen-bond donors (Lipinski definition) is 2. The largest absolute Gasteiger partial charge is 0.366 e. The van der Waals surface area contributed by atoms with Gasteiger partial charge in [0, 0.05) is 42.9 Å². The van der Waals surface area contributed by atoms with Gasteiger partial charge in [0.15, 0.2) is 11.5 Å². The van der Waals surface area contributed by atoms with E-state index >= 15 is 0 Å². The number of likely N-dealkylation sites (tertiary alicyclic amines) is 1. The third-order valence-corrected chi connectivity index (χ3v) is 5.87. The Balaban J connectivity index is 1.39. The number of rotatable bonds is 7. The summed E-state index contributed by atoms with van der Waals surface area (Å²) in [7, 11) is 1.85. The molecule has 1 fully saturated rings. The lowest BCUT2D eigenvalue weighted by molar-refractivity contribution is -0.133. The minimum atomic E-state index is -0.239. The summed E-state index contributed by atoms with van der Waals surface area (Å²) >= 11 is 0. The number of nitrogens with one attached hydrogen (secondary N) is 2. The van der Waals surface area contributed by atoms with Gasteiger partial charge in [0.25, 0.3) is 0 Å². The number of halogens is 1. The smallest absolute Gasteiger partial charge is 0.236 e. The van der Waals surface area contributed by atoms with E-state index in [4.69, 9.17) is 4.98 Å². The van der Waals surface area contributed by atoms with Crippen LogP contribution in [0.5, 0.6) is 0 Å². The van der Waals surface area contributed by atoms with Crippen molar-refractivity contribution in [2.45, 2.75) is 45.2 Å². The maximum atomic E-state index is 13.9. The van der Waals surface area contributed by atoms with Crippen LogP contribution in [0.2, 0.25) is 0 Å². The highest BCUT2D eigenvalue weighted by molar-refractivity contribution is 5.87. The van der Waals surface area contributed by atoms with E-state index in [1.165, 1.54) is 6.07 Å². The highest BCUT2D eigenvalue weighted by atomic mass is 19.1. The van der Waals surface area contributed by atoms with Crippen molar-refractivity contribution in [3.05, 3.63) is 53.5 Å². The van der Waals surface area contributed by atoms with E-state index in [0.29, 0.717) is 18.7 Å². The average molecular weight is 439 g/mol. The Morgan fingerprint density at radius 2 is 2.12 bits per heavy atom. The number of piperidine rings is 1. The molecule has 0 spiro atoms. The number of nitrogens with zero attached hydrogens (tertiary/aromatic N) is 4. The third-order valence-electron chi connectivity index (χ3n) is 5.87. The second-order valence-corrected chi connectivity index (χ2v) is 8.95. The molecule has 1 aliphatic rings. The Kier molecular flexibility index (Phi) is 6.69. The summed E-state index contributed by atoms with van der Waals surface area (Å²) in [6.07, 6.45) is 1.94. The first kappa shape index (κ1) is 22.2. The van der Waals surface area contributed by atoms with Crippen LogP contribution in [0.15, 0.2) is 36.4 Å². The van der Waals surface area contributed by atoms with Crippen molar-refractivity contribution in [3.63, 3.8) is 0 Å². The van der Waals surface area contributed by atoms with Gasteiger partial charge in [-0.1, -0.05) is 18.2 Å². The normalized spacial score (nSPS) is 16.8. The first-order valence-electron chi connectivity index (χ1n) is 11.2. The predicted molar refractivity (Wildman–Crippen MR) is 124 cm³/mol. The average Bonchev–Trinajstić information content (AvgIpc) is 3.17. The van der Waals surface area contributed by atoms with Crippen molar-refractivity contribution in [1.29, 1.82) is 0 Å². The molecular formula is C24H31FN6O. The van der Waals surface area contributed by atoms with Crippen LogP contribution in [-0.4, -0.2) is 63.6 Å². The maximum absolute atomic E-state index is 13.9. The molecule has 1 amide bonds. The van der Waals surface area contributed by atoms with Crippen LogP contribution >= 0.6 is 0 Å². The summed E-state index contributed by atoms with van der Waals surface area (Å²) in [5.74, 6) is 0.836. The molecular weight excluding hydrogens is 407 g/mol. The van der Waals surface area contributed by atoms with Crippen LogP contribution in [0, 0.1) is 5.82 Å². The summed E-state index contributed by atoms with van der Waals surface area (Å²) in [5.41, 5.74) is 2.34. The number of amides is 1. The molecule has 0 radical (unpaired) electrons. The number of aromatic nitrogens is 3. The van der Waals surface area contributed by atoms with Gasteiger partial charge in [-0.25, -0.2) is 9.37 Å². The topological polar surface area (TPSA) is 77.1 Å². The van der Waals surface area contributed by atoms with Crippen molar-refractivity contribution in [2.75, 3.05) is 32.0 Å². The third kappa shape index (κ3) is 5.07. The van der Waals surface area contributed by atoms with E-state index in [1.54, 1.807) is 12.1 Å². The summed E-state index contributed by atoms with van der Waals surface area (Å²) in [6.45, 7) is 6.21. The number of benzene rings is 1. The Morgan fingerprint density at radius 3 is 2.91 bits per heavy atom. The zero-order valence-electron chi connectivity index (χ0n) is 18.9. The molecule has 0 saturated carbocycles. The SMILES string of the molecule is CC(C)Nc1n[nH]c2nc([C@@H]3CCCN(C(=O)CN(C)Cc4ccccc4F)C3)ccc12. The molecule has 8 heteroatoms.